The molecule has 5 nitrogen and oxygen atoms in total. The third-order valence-electron chi connectivity index (χ3n) is 3.65. The monoisotopic (exact) mass is 346 g/mol. The summed E-state index contributed by atoms with van der Waals surface area (Å²) in [6.45, 7) is 3.84. The van der Waals surface area contributed by atoms with Crippen molar-refractivity contribution in [3.8, 4) is 0 Å². The molecule has 2 aromatic carbocycles. The maximum atomic E-state index is 12.1. The molecular formula is C18H22N2O3S. The van der Waals surface area contributed by atoms with E-state index in [2.05, 4.69) is 10.0 Å². The lowest BCUT2D eigenvalue weighted by Crippen LogP contribution is -2.32. The highest BCUT2D eigenvalue weighted by Crippen LogP contribution is 2.12. The van der Waals surface area contributed by atoms with Gasteiger partial charge in [0.15, 0.2) is 0 Å². The van der Waals surface area contributed by atoms with Crippen LogP contribution in [0, 0.1) is 6.92 Å². The van der Waals surface area contributed by atoms with Gasteiger partial charge in [-0.05, 0) is 31.5 Å². The van der Waals surface area contributed by atoms with Gasteiger partial charge < -0.3 is 5.32 Å². The molecule has 0 bridgehead atoms. The van der Waals surface area contributed by atoms with Crippen molar-refractivity contribution in [1.82, 2.24) is 10.0 Å². The number of hydrogen-bond donors (Lipinski definition) is 2. The van der Waals surface area contributed by atoms with Crippen molar-refractivity contribution in [2.45, 2.75) is 31.2 Å². The van der Waals surface area contributed by atoms with Gasteiger partial charge in [-0.2, -0.15) is 0 Å². The second-order valence-corrected chi connectivity index (χ2v) is 7.43. The fourth-order valence-electron chi connectivity index (χ4n) is 2.24. The molecule has 2 N–H and O–H groups in total. The van der Waals surface area contributed by atoms with Crippen molar-refractivity contribution in [3.05, 3.63) is 65.7 Å². The molecular weight excluding hydrogens is 324 g/mol. The summed E-state index contributed by atoms with van der Waals surface area (Å²) in [6.07, 6.45) is 0.0856. The predicted molar refractivity (Wildman–Crippen MR) is 94.0 cm³/mol. The summed E-state index contributed by atoms with van der Waals surface area (Å²) in [7, 11) is -3.58. The maximum Gasteiger partial charge on any atom is 0.240 e. The molecule has 2 aromatic rings. The van der Waals surface area contributed by atoms with E-state index in [-0.39, 0.29) is 29.8 Å². The minimum Gasteiger partial charge on any atom is -0.350 e. The van der Waals surface area contributed by atoms with Gasteiger partial charge in [-0.3, -0.25) is 4.79 Å². The van der Waals surface area contributed by atoms with Gasteiger partial charge in [-0.25, -0.2) is 13.1 Å². The predicted octanol–water partition coefficient (Wildman–Crippen LogP) is 2.54. The van der Waals surface area contributed by atoms with Crippen LogP contribution >= 0.6 is 0 Å². The summed E-state index contributed by atoms with van der Waals surface area (Å²) in [5.41, 5.74) is 1.99. The van der Waals surface area contributed by atoms with Gasteiger partial charge in [-0.1, -0.05) is 48.0 Å². The summed E-state index contributed by atoms with van der Waals surface area (Å²) in [4.78, 5) is 12.1. The highest BCUT2D eigenvalue weighted by molar-refractivity contribution is 7.89. The van der Waals surface area contributed by atoms with E-state index >= 15 is 0 Å². The van der Waals surface area contributed by atoms with E-state index in [1.165, 1.54) is 0 Å². The van der Waals surface area contributed by atoms with Crippen LogP contribution in [0.5, 0.6) is 0 Å². The number of carbonyl (C=O) groups excluding carboxylic acids is 1. The molecule has 0 saturated carbocycles. The number of sulfonamides is 1. The van der Waals surface area contributed by atoms with Crippen LogP contribution in [0.15, 0.2) is 59.5 Å². The first-order valence-corrected chi connectivity index (χ1v) is 9.27. The van der Waals surface area contributed by atoms with Gasteiger partial charge in [0.2, 0.25) is 15.9 Å². The smallest absolute Gasteiger partial charge is 0.240 e. The molecule has 1 amide bonds. The molecule has 0 aliphatic rings. The van der Waals surface area contributed by atoms with Gasteiger partial charge in [0.1, 0.15) is 0 Å². The Hall–Kier alpha value is -2.18. The fourth-order valence-corrected chi connectivity index (χ4v) is 3.27. The number of rotatable bonds is 7. The van der Waals surface area contributed by atoms with Crippen molar-refractivity contribution in [1.29, 1.82) is 0 Å². The first-order valence-electron chi connectivity index (χ1n) is 7.79. The molecule has 0 radical (unpaired) electrons. The standard InChI is InChI=1S/C18H22N2O3S/c1-14-8-10-17(11-9-14)24(22,23)19-13-12-18(21)20-15(2)16-6-4-3-5-7-16/h3-11,15,19H,12-13H2,1-2H3,(H,20,21). The quantitative estimate of drug-likeness (QED) is 0.809. The van der Waals surface area contributed by atoms with Gasteiger partial charge >= 0.3 is 0 Å². The summed E-state index contributed by atoms with van der Waals surface area (Å²) in [5.74, 6) is -0.196. The third-order valence-corrected chi connectivity index (χ3v) is 5.13. The number of amides is 1. The number of benzene rings is 2. The minimum atomic E-state index is -3.58. The van der Waals surface area contributed by atoms with Crippen LogP contribution in [0.3, 0.4) is 0 Å². The molecule has 0 heterocycles. The largest absolute Gasteiger partial charge is 0.350 e. The minimum absolute atomic E-state index is 0.0591. The zero-order valence-corrected chi connectivity index (χ0v) is 14.6. The van der Waals surface area contributed by atoms with E-state index in [1.807, 2.05) is 44.2 Å². The Balaban J connectivity index is 1.83. The Morgan fingerprint density at radius 1 is 1.04 bits per heavy atom. The normalized spacial score (nSPS) is 12.6. The van der Waals surface area contributed by atoms with E-state index in [4.69, 9.17) is 0 Å². The van der Waals surface area contributed by atoms with E-state index < -0.39 is 10.0 Å². The van der Waals surface area contributed by atoms with Crippen LogP contribution < -0.4 is 10.0 Å². The maximum absolute atomic E-state index is 12.1. The first kappa shape index (κ1) is 18.2. The zero-order valence-electron chi connectivity index (χ0n) is 13.8. The lowest BCUT2D eigenvalue weighted by atomic mass is 10.1. The van der Waals surface area contributed by atoms with Gasteiger partial charge in [-0.15, -0.1) is 0 Å². The fraction of sp³-hybridized carbons (Fsp3) is 0.278. The SMILES string of the molecule is Cc1ccc(S(=O)(=O)NCCC(=O)NC(C)c2ccccc2)cc1. The average molecular weight is 346 g/mol. The van der Waals surface area contributed by atoms with Crippen molar-refractivity contribution in [2.24, 2.45) is 0 Å². The van der Waals surface area contributed by atoms with E-state index in [1.54, 1.807) is 24.3 Å². The summed E-state index contributed by atoms with van der Waals surface area (Å²) >= 11 is 0. The van der Waals surface area contributed by atoms with E-state index in [9.17, 15) is 13.2 Å². The van der Waals surface area contributed by atoms with Crippen LogP contribution in [0.25, 0.3) is 0 Å². The Morgan fingerprint density at radius 2 is 1.67 bits per heavy atom. The molecule has 0 fully saturated rings. The zero-order chi connectivity index (χ0) is 17.6. The van der Waals surface area contributed by atoms with Gasteiger partial charge in [0.05, 0.1) is 10.9 Å². The van der Waals surface area contributed by atoms with Crippen molar-refractivity contribution in [2.75, 3.05) is 6.54 Å². The lowest BCUT2D eigenvalue weighted by Gasteiger charge is -2.14. The Kier molecular flexibility index (Phi) is 6.11. The molecule has 0 aromatic heterocycles. The van der Waals surface area contributed by atoms with Crippen LogP contribution in [0.4, 0.5) is 0 Å². The van der Waals surface area contributed by atoms with Crippen molar-refractivity contribution >= 4 is 15.9 Å². The summed E-state index contributed by atoms with van der Waals surface area (Å²) in [6, 6.07) is 16.1. The molecule has 1 unspecified atom stereocenters. The van der Waals surface area contributed by atoms with Crippen LogP contribution in [-0.2, 0) is 14.8 Å². The molecule has 128 valence electrons. The van der Waals surface area contributed by atoms with Crippen molar-refractivity contribution < 1.29 is 13.2 Å². The number of aryl methyl sites for hydroxylation is 1. The molecule has 0 spiro atoms. The molecule has 6 heteroatoms. The highest BCUT2D eigenvalue weighted by Gasteiger charge is 2.14. The van der Waals surface area contributed by atoms with Gasteiger partial charge in [0.25, 0.3) is 0 Å². The Morgan fingerprint density at radius 3 is 2.29 bits per heavy atom. The molecule has 0 aliphatic carbocycles. The van der Waals surface area contributed by atoms with E-state index in [0.29, 0.717) is 0 Å². The molecule has 1 atom stereocenters. The number of carbonyl (C=O) groups is 1. The van der Waals surface area contributed by atoms with Crippen molar-refractivity contribution in [3.63, 3.8) is 0 Å². The highest BCUT2D eigenvalue weighted by atomic mass is 32.2. The van der Waals surface area contributed by atoms with E-state index in [0.717, 1.165) is 11.1 Å². The molecule has 24 heavy (non-hydrogen) atoms. The van der Waals surface area contributed by atoms with Crippen LogP contribution in [0.2, 0.25) is 0 Å². The third kappa shape index (κ3) is 5.18. The molecule has 0 aliphatic heterocycles. The summed E-state index contributed by atoms with van der Waals surface area (Å²) < 4.78 is 26.7. The van der Waals surface area contributed by atoms with Crippen LogP contribution in [0.1, 0.15) is 30.5 Å². The first-order chi connectivity index (χ1) is 11.4. The number of hydrogen-bond acceptors (Lipinski definition) is 3. The second kappa shape index (κ2) is 8.08. The Bertz CT molecular complexity index is 772. The Labute approximate surface area is 143 Å². The average Bonchev–Trinajstić information content (AvgIpc) is 2.56. The lowest BCUT2D eigenvalue weighted by molar-refractivity contribution is -0.121. The number of nitrogens with one attached hydrogen (secondary N) is 2. The van der Waals surface area contributed by atoms with Gasteiger partial charge in [0, 0.05) is 13.0 Å². The summed E-state index contributed by atoms with van der Waals surface area (Å²) in [5, 5.41) is 2.86. The topological polar surface area (TPSA) is 75.3 Å². The molecule has 0 saturated heterocycles. The molecule has 2 rings (SSSR count). The van der Waals surface area contributed by atoms with Crippen LogP contribution in [-0.4, -0.2) is 20.9 Å². The second-order valence-electron chi connectivity index (χ2n) is 5.66.